The number of rotatable bonds is 4. The maximum atomic E-state index is 6.40. The van der Waals surface area contributed by atoms with Crippen molar-refractivity contribution in [2.45, 2.75) is 37.6 Å². The van der Waals surface area contributed by atoms with Crippen molar-refractivity contribution in [2.24, 2.45) is 13.0 Å². The second-order valence-electron chi connectivity index (χ2n) is 5.78. The Morgan fingerprint density at radius 1 is 1.30 bits per heavy atom. The van der Waals surface area contributed by atoms with Gasteiger partial charge < -0.3 is 5.32 Å². The lowest BCUT2D eigenvalue weighted by atomic mass is 9.89. The van der Waals surface area contributed by atoms with E-state index in [1.807, 2.05) is 11.7 Å². The summed E-state index contributed by atoms with van der Waals surface area (Å²) in [6.07, 6.45) is 5.03. The van der Waals surface area contributed by atoms with Gasteiger partial charge in [0.1, 0.15) is 0 Å². The monoisotopic (exact) mass is 291 g/mol. The van der Waals surface area contributed by atoms with E-state index in [4.69, 9.17) is 11.6 Å². The normalized spacial score (nSPS) is 23.3. The zero-order valence-electron chi connectivity index (χ0n) is 12.0. The lowest BCUT2D eigenvalue weighted by Crippen LogP contribution is -2.31. The fourth-order valence-corrected chi connectivity index (χ4v) is 3.56. The first-order chi connectivity index (χ1) is 9.75. The molecule has 3 nitrogen and oxygen atoms in total. The zero-order valence-corrected chi connectivity index (χ0v) is 12.7. The molecule has 1 aromatic carbocycles. The quantitative estimate of drug-likeness (QED) is 0.874. The maximum Gasteiger partial charge on any atom is 0.0841 e. The first kappa shape index (κ1) is 13.9. The van der Waals surface area contributed by atoms with Crippen molar-refractivity contribution in [2.75, 3.05) is 6.54 Å². The molecule has 0 spiro atoms. The summed E-state index contributed by atoms with van der Waals surface area (Å²) in [4.78, 5) is 0. The van der Waals surface area contributed by atoms with Crippen LogP contribution in [0.1, 0.15) is 31.4 Å². The zero-order chi connectivity index (χ0) is 13.9. The molecule has 0 radical (unpaired) electrons. The topological polar surface area (TPSA) is 29.9 Å². The molecule has 20 heavy (non-hydrogen) atoms. The molecule has 3 rings (SSSR count). The lowest BCUT2D eigenvalue weighted by Gasteiger charge is -2.27. The summed E-state index contributed by atoms with van der Waals surface area (Å²) in [7, 11) is 2.00. The van der Waals surface area contributed by atoms with E-state index < -0.39 is 0 Å². The summed E-state index contributed by atoms with van der Waals surface area (Å²) in [5.41, 5.74) is 2.32. The van der Waals surface area contributed by atoms with Crippen LogP contribution in [0.15, 0.2) is 24.3 Å². The van der Waals surface area contributed by atoms with E-state index in [1.54, 1.807) is 0 Å². The van der Waals surface area contributed by atoms with Crippen molar-refractivity contribution in [1.82, 2.24) is 15.1 Å². The van der Waals surface area contributed by atoms with E-state index in [1.165, 1.54) is 36.6 Å². The number of aryl methyl sites for hydroxylation is 1. The Morgan fingerprint density at radius 3 is 2.95 bits per heavy atom. The molecular weight excluding hydrogens is 270 g/mol. The van der Waals surface area contributed by atoms with Crippen molar-refractivity contribution in [1.29, 1.82) is 0 Å². The highest BCUT2D eigenvalue weighted by Crippen LogP contribution is 2.28. The Bertz CT molecular complexity index is 578. The average molecular weight is 292 g/mol. The van der Waals surface area contributed by atoms with E-state index in [0.29, 0.717) is 11.3 Å². The Balaban J connectivity index is 1.62. The standard InChI is InChI=1S/C16H22ClN3/c1-20-16-9-5-3-7-13(16)15(19-20)11-18-10-12-6-2-4-8-14(12)17/h3,5,7,9,12,14,18H,2,4,6,8,10-11H2,1H3. The molecule has 1 aliphatic rings. The summed E-state index contributed by atoms with van der Waals surface area (Å²) in [6, 6.07) is 8.39. The Hall–Kier alpha value is -1.06. The predicted octanol–water partition coefficient (Wildman–Crippen LogP) is 3.46. The molecule has 0 aliphatic heterocycles. The number of alkyl halides is 1. The van der Waals surface area contributed by atoms with E-state index in [9.17, 15) is 0 Å². The summed E-state index contributed by atoms with van der Waals surface area (Å²) < 4.78 is 1.96. The summed E-state index contributed by atoms with van der Waals surface area (Å²) in [5.74, 6) is 0.611. The molecule has 2 aromatic rings. The number of hydrogen-bond acceptors (Lipinski definition) is 2. The van der Waals surface area contributed by atoms with Crippen molar-refractivity contribution in [3.8, 4) is 0 Å². The molecule has 1 saturated carbocycles. The number of aromatic nitrogens is 2. The number of nitrogens with one attached hydrogen (secondary N) is 1. The second-order valence-corrected chi connectivity index (χ2v) is 6.34. The molecular formula is C16H22ClN3. The highest BCUT2D eigenvalue weighted by atomic mass is 35.5. The fourth-order valence-electron chi connectivity index (χ4n) is 3.19. The van der Waals surface area contributed by atoms with Gasteiger partial charge in [-0.3, -0.25) is 4.68 Å². The largest absolute Gasteiger partial charge is 0.311 e. The highest BCUT2D eigenvalue weighted by molar-refractivity contribution is 6.20. The van der Waals surface area contributed by atoms with Crippen LogP contribution in [0.4, 0.5) is 0 Å². The van der Waals surface area contributed by atoms with Gasteiger partial charge in [0.25, 0.3) is 0 Å². The van der Waals surface area contributed by atoms with Crippen LogP contribution < -0.4 is 5.32 Å². The van der Waals surface area contributed by atoms with E-state index in [2.05, 4.69) is 34.7 Å². The third-order valence-corrected chi connectivity index (χ3v) is 4.92. The van der Waals surface area contributed by atoms with E-state index in [-0.39, 0.29) is 0 Å². The van der Waals surface area contributed by atoms with Gasteiger partial charge in [0, 0.05) is 24.4 Å². The number of hydrogen-bond donors (Lipinski definition) is 1. The maximum absolute atomic E-state index is 6.40. The number of benzene rings is 1. The van der Waals surface area contributed by atoms with E-state index >= 15 is 0 Å². The third kappa shape index (κ3) is 2.84. The molecule has 1 fully saturated rings. The van der Waals surface area contributed by atoms with Crippen molar-refractivity contribution in [3.05, 3.63) is 30.0 Å². The van der Waals surface area contributed by atoms with Gasteiger partial charge in [0.2, 0.25) is 0 Å². The average Bonchev–Trinajstić information content (AvgIpc) is 2.78. The van der Waals surface area contributed by atoms with Crippen LogP contribution in [0.5, 0.6) is 0 Å². The molecule has 0 amide bonds. The van der Waals surface area contributed by atoms with Gasteiger partial charge in [-0.25, -0.2) is 0 Å². The molecule has 0 saturated heterocycles. The molecule has 0 bridgehead atoms. The van der Waals surface area contributed by atoms with Gasteiger partial charge in [0.05, 0.1) is 11.2 Å². The first-order valence-corrected chi connectivity index (χ1v) is 7.95. The van der Waals surface area contributed by atoms with Crippen LogP contribution in [-0.4, -0.2) is 21.7 Å². The highest BCUT2D eigenvalue weighted by Gasteiger charge is 2.22. The Morgan fingerprint density at radius 2 is 2.10 bits per heavy atom. The summed E-state index contributed by atoms with van der Waals surface area (Å²) in [5, 5.41) is 9.75. The molecule has 108 valence electrons. The molecule has 1 N–H and O–H groups in total. The van der Waals surface area contributed by atoms with Gasteiger partial charge in [-0.2, -0.15) is 5.10 Å². The van der Waals surface area contributed by atoms with Crippen LogP contribution >= 0.6 is 11.6 Å². The smallest absolute Gasteiger partial charge is 0.0841 e. The summed E-state index contributed by atoms with van der Waals surface area (Å²) in [6.45, 7) is 1.82. The van der Waals surface area contributed by atoms with Gasteiger partial charge in [-0.1, -0.05) is 31.0 Å². The third-order valence-electron chi connectivity index (χ3n) is 4.35. The minimum atomic E-state index is 0.344. The van der Waals surface area contributed by atoms with Crippen LogP contribution in [0.3, 0.4) is 0 Å². The number of fused-ring (bicyclic) bond motifs is 1. The van der Waals surface area contributed by atoms with Crippen molar-refractivity contribution >= 4 is 22.5 Å². The molecule has 2 unspecified atom stereocenters. The molecule has 1 heterocycles. The SMILES string of the molecule is Cn1nc(CNCC2CCCCC2Cl)c2ccccc21. The number of para-hydroxylation sites is 1. The Kier molecular flexibility index (Phi) is 4.27. The van der Waals surface area contributed by atoms with Crippen LogP contribution in [0, 0.1) is 5.92 Å². The number of nitrogens with zero attached hydrogens (tertiary/aromatic N) is 2. The second kappa shape index (κ2) is 6.15. The fraction of sp³-hybridized carbons (Fsp3) is 0.562. The van der Waals surface area contributed by atoms with Gasteiger partial charge in [0.15, 0.2) is 0 Å². The lowest BCUT2D eigenvalue weighted by molar-refractivity contribution is 0.348. The van der Waals surface area contributed by atoms with Gasteiger partial charge in [-0.05, 0) is 31.4 Å². The Labute approximate surface area is 125 Å². The first-order valence-electron chi connectivity index (χ1n) is 7.51. The molecule has 2 atom stereocenters. The predicted molar refractivity (Wildman–Crippen MR) is 84.0 cm³/mol. The molecule has 4 heteroatoms. The molecule has 1 aromatic heterocycles. The summed E-state index contributed by atoms with van der Waals surface area (Å²) >= 11 is 6.40. The van der Waals surface area contributed by atoms with Crippen LogP contribution in [-0.2, 0) is 13.6 Å². The van der Waals surface area contributed by atoms with Crippen molar-refractivity contribution < 1.29 is 0 Å². The number of halogens is 1. The van der Waals surface area contributed by atoms with Crippen molar-refractivity contribution in [3.63, 3.8) is 0 Å². The molecule has 1 aliphatic carbocycles. The van der Waals surface area contributed by atoms with Crippen LogP contribution in [0.2, 0.25) is 0 Å². The van der Waals surface area contributed by atoms with Gasteiger partial charge in [-0.15, -0.1) is 11.6 Å². The van der Waals surface area contributed by atoms with Crippen LogP contribution in [0.25, 0.3) is 10.9 Å². The van der Waals surface area contributed by atoms with Gasteiger partial charge >= 0.3 is 0 Å². The van der Waals surface area contributed by atoms with E-state index in [0.717, 1.165) is 18.8 Å². The minimum absolute atomic E-state index is 0.344. The minimum Gasteiger partial charge on any atom is -0.311 e.